The number of nitrogens with zero attached hydrogens (tertiary/aromatic N) is 4. The molecule has 0 aliphatic carbocycles. The minimum absolute atomic E-state index is 0.528. The number of rotatable bonds is 5. The van der Waals surface area contributed by atoms with Crippen molar-refractivity contribution in [2.45, 2.75) is 18.5 Å². The van der Waals surface area contributed by atoms with Gasteiger partial charge in [-0.25, -0.2) is 15.0 Å². The van der Waals surface area contributed by atoms with E-state index in [1.807, 2.05) is 24.3 Å². The highest BCUT2D eigenvalue weighted by molar-refractivity contribution is 7.02. The first-order chi connectivity index (χ1) is 32.0. The molecule has 0 saturated heterocycles. The summed E-state index contributed by atoms with van der Waals surface area (Å²) >= 11 is 0. The van der Waals surface area contributed by atoms with Crippen LogP contribution in [0.4, 0.5) is 0 Å². The number of hydrogen-bond donors (Lipinski definition) is 0. The van der Waals surface area contributed by atoms with Crippen LogP contribution in [0.15, 0.2) is 218 Å². The second-order valence-electron chi connectivity index (χ2n) is 17.9. The standard InChI is InChI=1S/C60H42N4Si/c1-65(2)54-30-14-11-25-49(54)60(48-24-10-13-29-53(48)64-52-28-12-9-21-46(52)47-23-16-26-50(60)55(47)64)51-27-15-22-45(56(51)65)41-33-37-44(38-34-41)59-62-57(42-19-7-4-8-20-42)61-58(63-59)43-35-31-40(32-36-43)39-17-5-3-6-18-39/h3-38H,1-2H3. The van der Waals surface area contributed by atoms with Crippen molar-refractivity contribution in [3.63, 3.8) is 0 Å². The molecule has 0 fully saturated rings. The number of para-hydroxylation sites is 3. The normalized spacial score (nSPS) is 15.4. The Morgan fingerprint density at radius 1 is 0.369 bits per heavy atom. The third-order valence-electron chi connectivity index (χ3n) is 14.1. The lowest BCUT2D eigenvalue weighted by molar-refractivity contribution is 0.732. The van der Waals surface area contributed by atoms with Gasteiger partial charge in [0, 0.05) is 27.5 Å². The summed E-state index contributed by atoms with van der Waals surface area (Å²) < 4.78 is 2.53. The SMILES string of the molecule is C[Si]1(C)c2ccccc2C2(c3ccccc3-n3c4ccccc4c4cccc2c43)c2cccc(-c3ccc(-c4nc(-c5ccccc5)nc(-c5ccc(-c6ccccc6)cc5)n4)cc3)c21. The quantitative estimate of drug-likeness (QED) is 0.162. The molecular weight excluding hydrogens is 805 g/mol. The van der Waals surface area contributed by atoms with Gasteiger partial charge in [0.25, 0.3) is 0 Å². The monoisotopic (exact) mass is 846 g/mol. The second-order valence-corrected chi connectivity index (χ2v) is 22.2. The van der Waals surface area contributed by atoms with Gasteiger partial charge < -0.3 is 4.57 Å². The molecule has 2 aliphatic rings. The van der Waals surface area contributed by atoms with Crippen LogP contribution in [0, 0.1) is 0 Å². The smallest absolute Gasteiger partial charge is 0.164 e. The molecule has 4 heterocycles. The molecular formula is C60H42N4Si. The summed E-state index contributed by atoms with van der Waals surface area (Å²) in [5.41, 5.74) is 16.3. The molecule has 1 spiro atoms. The first-order valence-corrected chi connectivity index (χ1v) is 25.4. The van der Waals surface area contributed by atoms with Crippen LogP contribution >= 0.6 is 0 Å². The minimum Gasteiger partial charge on any atom is -0.309 e. The molecule has 11 aromatic rings. The Hall–Kier alpha value is -7.99. The highest BCUT2D eigenvalue weighted by atomic mass is 28.3. The highest BCUT2D eigenvalue weighted by Gasteiger charge is 2.53. The van der Waals surface area contributed by atoms with Gasteiger partial charge >= 0.3 is 0 Å². The first kappa shape index (κ1) is 37.6. The lowest BCUT2D eigenvalue weighted by Crippen LogP contribution is -2.64. The summed E-state index contributed by atoms with van der Waals surface area (Å²) in [7, 11) is -2.33. The largest absolute Gasteiger partial charge is 0.309 e. The van der Waals surface area contributed by atoms with E-state index in [1.54, 1.807) is 0 Å². The van der Waals surface area contributed by atoms with Gasteiger partial charge in [0.1, 0.15) is 8.07 Å². The molecule has 0 saturated carbocycles. The summed E-state index contributed by atoms with van der Waals surface area (Å²) in [6.07, 6.45) is 0. The van der Waals surface area contributed by atoms with E-state index in [4.69, 9.17) is 15.0 Å². The van der Waals surface area contributed by atoms with Gasteiger partial charge in [-0.3, -0.25) is 0 Å². The lowest BCUT2D eigenvalue weighted by Gasteiger charge is -2.50. The molecule has 306 valence electrons. The van der Waals surface area contributed by atoms with Crippen molar-refractivity contribution < 1.29 is 0 Å². The predicted octanol–water partition coefficient (Wildman–Crippen LogP) is 13.1. The van der Waals surface area contributed by atoms with E-state index in [0.29, 0.717) is 17.5 Å². The van der Waals surface area contributed by atoms with Gasteiger partial charge in [0.2, 0.25) is 0 Å². The Morgan fingerprint density at radius 2 is 0.846 bits per heavy atom. The molecule has 2 aromatic heterocycles. The molecule has 0 amide bonds. The van der Waals surface area contributed by atoms with E-state index in [0.717, 1.165) is 22.3 Å². The van der Waals surface area contributed by atoms with Gasteiger partial charge in [-0.15, -0.1) is 0 Å². The maximum absolute atomic E-state index is 5.14. The topological polar surface area (TPSA) is 43.6 Å². The Morgan fingerprint density at radius 3 is 1.55 bits per heavy atom. The molecule has 0 radical (unpaired) electrons. The van der Waals surface area contributed by atoms with E-state index in [9.17, 15) is 0 Å². The Labute approximate surface area is 379 Å². The van der Waals surface area contributed by atoms with Crippen LogP contribution in [-0.2, 0) is 5.41 Å². The Kier molecular flexibility index (Phi) is 8.24. The van der Waals surface area contributed by atoms with Gasteiger partial charge in [0.15, 0.2) is 17.5 Å². The average molecular weight is 847 g/mol. The lowest BCUT2D eigenvalue weighted by atomic mass is 9.62. The van der Waals surface area contributed by atoms with E-state index >= 15 is 0 Å². The van der Waals surface area contributed by atoms with Crippen LogP contribution in [0.2, 0.25) is 13.1 Å². The molecule has 4 nitrogen and oxygen atoms in total. The zero-order valence-corrected chi connectivity index (χ0v) is 37.1. The first-order valence-electron chi connectivity index (χ1n) is 22.4. The van der Waals surface area contributed by atoms with Crippen LogP contribution < -0.4 is 10.4 Å². The summed E-state index contributed by atoms with van der Waals surface area (Å²) in [5.74, 6) is 1.94. The summed E-state index contributed by atoms with van der Waals surface area (Å²) in [6.45, 7) is 5.09. The van der Waals surface area contributed by atoms with Crippen LogP contribution in [-0.4, -0.2) is 27.6 Å². The molecule has 9 aromatic carbocycles. The fraction of sp³-hybridized carbons (Fsp3) is 0.0500. The minimum atomic E-state index is -2.33. The predicted molar refractivity (Wildman–Crippen MR) is 270 cm³/mol. The van der Waals surface area contributed by atoms with E-state index in [-0.39, 0.29) is 0 Å². The number of hydrogen-bond acceptors (Lipinski definition) is 3. The Balaban J connectivity index is 0.990. The van der Waals surface area contributed by atoms with Crippen molar-refractivity contribution in [1.82, 2.24) is 19.5 Å². The van der Waals surface area contributed by atoms with Crippen molar-refractivity contribution in [2.24, 2.45) is 0 Å². The number of benzene rings is 9. The molecule has 65 heavy (non-hydrogen) atoms. The van der Waals surface area contributed by atoms with Crippen LogP contribution in [0.25, 0.3) is 83.9 Å². The molecule has 13 rings (SSSR count). The molecule has 1 atom stereocenters. The fourth-order valence-corrected chi connectivity index (χ4v) is 14.9. The van der Waals surface area contributed by atoms with Crippen molar-refractivity contribution >= 4 is 40.3 Å². The van der Waals surface area contributed by atoms with Crippen molar-refractivity contribution in [3.05, 3.63) is 241 Å². The van der Waals surface area contributed by atoms with Crippen molar-refractivity contribution in [3.8, 4) is 62.1 Å². The molecule has 5 heteroatoms. The summed E-state index contributed by atoms with van der Waals surface area (Å²) in [5, 5.41) is 5.54. The van der Waals surface area contributed by atoms with Crippen LogP contribution in [0.5, 0.6) is 0 Å². The second kappa shape index (κ2) is 14.3. The molecule has 0 bridgehead atoms. The third kappa shape index (κ3) is 5.46. The van der Waals surface area contributed by atoms with Gasteiger partial charge in [-0.1, -0.05) is 219 Å². The van der Waals surface area contributed by atoms with E-state index in [2.05, 4.69) is 212 Å². The van der Waals surface area contributed by atoms with Crippen molar-refractivity contribution in [1.29, 1.82) is 0 Å². The van der Waals surface area contributed by atoms with Gasteiger partial charge in [-0.2, -0.15) is 0 Å². The van der Waals surface area contributed by atoms with E-state index < -0.39 is 13.5 Å². The number of aromatic nitrogens is 4. The summed E-state index contributed by atoms with van der Waals surface area (Å²) in [6, 6.07) is 79.6. The third-order valence-corrected chi connectivity index (χ3v) is 17.7. The molecule has 1 unspecified atom stereocenters. The maximum atomic E-state index is 5.14. The van der Waals surface area contributed by atoms with Gasteiger partial charge in [0.05, 0.1) is 22.1 Å². The highest BCUT2D eigenvalue weighted by Crippen LogP contribution is 2.55. The average Bonchev–Trinajstić information content (AvgIpc) is 3.72. The van der Waals surface area contributed by atoms with Gasteiger partial charge in [-0.05, 0) is 67.0 Å². The molecule has 0 N–H and O–H groups in total. The van der Waals surface area contributed by atoms with Crippen LogP contribution in [0.3, 0.4) is 0 Å². The van der Waals surface area contributed by atoms with E-state index in [1.165, 1.54) is 76.8 Å². The zero-order valence-electron chi connectivity index (χ0n) is 36.1. The molecule has 2 aliphatic heterocycles. The Bertz CT molecular complexity index is 3670. The summed E-state index contributed by atoms with van der Waals surface area (Å²) in [4.78, 5) is 15.3. The maximum Gasteiger partial charge on any atom is 0.164 e. The zero-order chi connectivity index (χ0) is 43.3. The fourth-order valence-electron chi connectivity index (χ4n) is 11.3. The van der Waals surface area contributed by atoms with Crippen molar-refractivity contribution in [2.75, 3.05) is 0 Å². The number of fused-ring (bicyclic) bond motifs is 11. The van der Waals surface area contributed by atoms with Crippen LogP contribution in [0.1, 0.15) is 22.3 Å².